The standard InChI is InChI=1S/C11H14F3N/c1-3-10(2,15)8-4-6-9(7-5-8)11(12,13)14/h4-7H,3,15H2,1-2H3/t10-/m1/s1. The molecule has 0 heterocycles. The van der Waals surface area contributed by atoms with Crippen LogP contribution in [0.15, 0.2) is 24.3 Å². The summed E-state index contributed by atoms with van der Waals surface area (Å²) < 4.78 is 36.8. The van der Waals surface area contributed by atoms with Gasteiger partial charge in [-0.15, -0.1) is 0 Å². The lowest BCUT2D eigenvalue weighted by Gasteiger charge is -2.23. The maximum absolute atomic E-state index is 12.3. The molecule has 0 aliphatic rings. The number of hydrogen-bond acceptors (Lipinski definition) is 1. The average Bonchev–Trinajstić information content (AvgIpc) is 2.17. The van der Waals surface area contributed by atoms with Crippen LogP contribution in [0.25, 0.3) is 0 Å². The normalized spacial score (nSPS) is 16.1. The number of hydrogen-bond donors (Lipinski definition) is 1. The zero-order chi connectivity index (χ0) is 11.7. The summed E-state index contributed by atoms with van der Waals surface area (Å²) in [5, 5.41) is 0. The maximum atomic E-state index is 12.3. The molecule has 1 nitrogen and oxygen atoms in total. The summed E-state index contributed by atoms with van der Waals surface area (Å²) in [7, 11) is 0. The van der Waals surface area contributed by atoms with E-state index in [1.54, 1.807) is 6.92 Å². The summed E-state index contributed by atoms with van der Waals surface area (Å²) in [5.74, 6) is 0. The molecule has 0 radical (unpaired) electrons. The quantitative estimate of drug-likeness (QED) is 0.808. The van der Waals surface area contributed by atoms with Gasteiger partial charge in [-0.1, -0.05) is 19.1 Å². The Kier molecular flexibility index (Phi) is 3.09. The van der Waals surface area contributed by atoms with Crippen LogP contribution in [-0.2, 0) is 11.7 Å². The molecule has 15 heavy (non-hydrogen) atoms. The zero-order valence-electron chi connectivity index (χ0n) is 8.73. The van der Waals surface area contributed by atoms with Crippen molar-refractivity contribution in [1.82, 2.24) is 0 Å². The fraction of sp³-hybridized carbons (Fsp3) is 0.455. The van der Waals surface area contributed by atoms with Gasteiger partial charge in [0.05, 0.1) is 5.56 Å². The van der Waals surface area contributed by atoms with Gasteiger partial charge in [0, 0.05) is 5.54 Å². The summed E-state index contributed by atoms with van der Waals surface area (Å²) >= 11 is 0. The molecule has 1 aromatic rings. The molecule has 1 aromatic carbocycles. The highest BCUT2D eigenvalue weighted by molar-refractivity contribution is 5.29. The molecule has 0 bridgehead atoms. The van der Waals surface area contributed by atoms with Crippen molar-refractivity contribution in [3.05, 3.63) is 35.4 Å². The second kappa shape index (κ2) is 3.85. The Balaban J connectivity index is 3.01. The molecule has 4 heteroatoms. The van der Waals surface area contributed by atoms with E-state index in [1.165, 1.54) is 12.1 Å². The van der Waals surface area contributed by atoms with Crippen molar-refractivity contribution in [2.45, 2.75) is 32.0 Å². The molecule has 0 aliphatic heterocycles. The Bertz CT molecular complexity index is 325. The van der Waals surface area contributed by atoms with E-state index in [1.807, 2.05) is 6.92 Å². The van der Waals surface area contributed by atoms with E-state index >= 15 is 0 Å². The van der Waals surface area contributed by atoms with Crippen LogP contribution in [0.5, 0.6) is 0 Å². The van der Waals surface area contributed by atoms with E-state index in [9.17, 15) is 13.2 Å². The molecule has 1 atom stereocenters. The lowest BCUT2D eigenvalue weighted by atomic mass is 9.90. The van der Waals surface area contributed by atoms with Crippen LogP contribution in [0, 0.1) is 0 Å². The SMILES string of the molecule is CC[C@@](C)(N)c1ccc(C(F)(F)F)cc1. The van der Waals surface area contributed by atoms with Crippen LogP contribution < -0.4 is 5.73 Å². The second-order valence-corrected chi connectivity index (χ2v) is 3.85. The molecule has 0 spiro atoms. The molecule has 0 aromatic heterocycles. The number of rotatable bonds is 2. The Hall–Kier alpha value is -1.03. The van der Waals surface area contributed by atoms with Crippen LogP contribution in [-0.4, -0.2) is 0 Å². The van der Waals surface area contributed by atoms with Crippen molar-refractivity contribution < 1.29 is 13.2 Å². The predicted molar refractivity (Wildman–Crippen MR) is 53.3 cm³/mol. The molecule has 0 saturated heterocycles. The molecule has 2 N–H and O–H groups in total. The fourth-order valence-electron chi connectivity index (χ4n) is 1.24. The minimum Gasteiger partial charge on any atom is -0.322 e. The molecule has 0 unspecified atom stereocenters. The smallest absolute Gasteiger partial charge is 0.322 e. The molecule has 1 rings (SSSR count). The van der Waals surface area contributed by atoms with Gasteiger partial charge < -0.3 is 5.73 Å². The van der Waals surface area contributed by atoms with Crippen molar-refractivity contribution in [2.24, 2.45) is 5.73 Å². The fourth-order valence-corrected chi connectivity index (χ4v) is 1.24. The average molecular weight is 217 g/mol. The van der Waals surface area contributed by atoms with Gasteiger partial charge in [0.2, 0.25) is 0 Å². The molecule has 0 saturated carbocycles. The van der Waals surface area contributed by atoms with Gasteiger partial charge in [-0.3, -0.25) is 0 Å². The van der Waals surface area contributed by atoms with E-state index in [0.29, 0.717) is 6.42 Å². The minimum absolute atomic E-state index is 0.565. The van der Waals surface area contributed by atoms with Crippen molar-refractivity contribution in [3.63, 3.8) is 0 Å². The van der Waals surface area contributed by atoms with Crippen LogP contribution in [0.1, 0.15) is 31.4 Å². The third-order valence-corrected chi connectivity index (χ3v) is 2.61. The lowest BCUT2D eigenvalue weighted by molar-refractivity contribution is -0.137. The molecule has 0 fully saturated rings. The van der Waals surface area contributed by atoms with Crippen molar-refractivity contribution in [2.75, 3.05) is 0 Å². The first-order chi connectivity index (χ1) is 6.77. The third-order valence-electron chi connectivity index (χ3n) is 2.61. The summed E-state index contributed by atoms with van der Waals surface area (Å²) in [6, 6.07) is 5.00. The maximum Gasteiger partial charge on any atom is 0.416 e. The van der Waals surface area contributed by atoms with Gasteiger partial charge in [0.1, 0.15) is 0 Å². The van der Waals surface area contributed by atoms with E-state index in [0.717, 1.165) is 17.7 Å². The minimum atomic E-state index is -4.28. The Morgan fingerprint density at radius 3 is 1.80 bits per heavy atom. The molecular weight excluding hydrogens is 203 g/mol. The molecular formula is C11H14F3N. The van der Waals surface area contributed by atoms with E-state index in [4.69, 9.17) is 5.73 Å². The predicted octanol–water partition coefficient (Wildman–Crippen LogP) is 3.29. The van der Waals surface area contributed by atoms with E-state index < -0.39 is 17.3 Å². The highest BCUT2D eigenvalue weighted by Gasteiger charge is 2.30. The number of halogens is 3. The van der Waals surface area contributed by atoms with Gasteiger partial charge in [-0.05, 0) is 31.0 Å². The topological polar surface area (TPSA) is 26.0 Å². The van der Waals surface area contributed by atoms with Crippen LogP contribution in [0.4, 0.5) is 13.2 Å². The number of nitrogens with two attached hydrogens (primary N) is 1. The van der Waals surface area contributed by atoms with E-state index in [-0.39, 0.29) is 0 Å². The Morgan fingerprint density at radius 1 is 1.07 bits per heavy atom. The number of alkyl halides is 3. The first-order valence-electron chi connectivity index (χ1n) is 4.74. The van der Waals surface area contributed by atoms with Crippen LogP contribution in [0.2, 0.25) is 0 Å². The summed E-state index contributed by atoms with van der Waals surface area (Å²) in [5.41, 5.74) is 5.43. The highest BCUT2D eigenvalue weighted by Crippen LogP contribution is 2.30. The molecule has 0 aliphatic carbocycles. The second-order valence-electron chi connectivity index (χ2n) is 3.85. The Morgan fingerprint density at radius 2 is 1.47 bits per heavy atom. The van der Waals surface area contributed by atoms with Crippen LogP contribution in [0.3, 0.4) is 0 Å². The molecule has 0 amide bonds. The van der Waals surface area contributed by atoms with Gasteiger partial charge >= 0.3 is 6.18 Å². The highest BCUT2D eigenvalue weighted by atomic mass is 19.4. The molecule has 84 valence electrons. The summed E-state index contributed by atoms with van der Waals surface area (Å²) in [6.07, 6.45) is -3.60. The summed E-state index contributed by atoms with van der Waals surface area (Å²) in [4.78, 5) is 0. The van der Waals surface area contributed by atoms with Crippen molar-refractivity contribution in [1.29, 1.82) is 0 Å². The van der Waals surface area contributed by atoms with Crippen molar-refractivity contribution >= 4 is 0 Å². The van der Waals surface area contributed by atoms with Crippen LogP contribution >= 0.6 is 0 Å². The number of benzene rings is 1. The first kappa shape index (κ1) is 12.0. The van der Waals surface area contributed by atoms with Gasteiger partial charge in [0.25, 0.3) is 0 Å². The van der Waals surface area contributed by atoms with Gasteiger partial charge in [0.15, 0.2) is 0 Å². The lowest BCUT2D eigenvalue weighted by Crippen LogP contribution is -2.31. The Labute approximate surface area is 87.1 Å². The first-order valence-corrected chi connectivity index (χ1v) is 4.74. The monoisotopic (exact) mass is 217 g/mol. The van der Waals surface area contributed by atoms with Gasteiger partial charge in [-0.2, -0.15) is 13.2 Å². The van der Waals surface area contributed by atoms with E-state index in [2.05, 4.69) is 0 Å². The van der Waals surface area contributed by atoms with Gasteiger partial charge in [-0.25, -0.2) is 0 Å². The third kappa shape index (κ3) is 2.72. The zero-order valence-corrected chi connectivity index (χ0v) is 8.73. The summed E-state index contributed by atoms with van der Waals surface area (Å²) in [6.45, 7) is 3.70. The largest absolute Gasteiger partial charge is 0.416 e. The van der Waals surface area contributed by atoms with Crippen molar-refractivity contribution in [3.8, 4) is 0 Å².